The highest BCUT2D eigenvalue weighted by molar-refractivity contribution is 5.76. The smallest absolute Gasteiger partial charge is 0.0568 e. The van der Waals surface area contributed by atoms with Gasteiger partial charge >= 0.3 is 0 Å². The molecule has 0 saturated carbocycles. The maximum atomic E-state index is 5.91. The summed E-state index contributed by atoms with van der Waals surface area (Å²) < 4.78 is 1.75. The fraction of sp³-hybridized carbons (Fsp3) is 0.182. The summed E-state index contributed by atoms with van der Waals surface area (Å²) >= 11 is 0. The predicted molar refractivity (Wildman–Crippen MR) is 60.9 cm³/mol. The molecule has 1 aromatic heterocycles. The second-order valence-electron chi connectivity index (χ2n) is 3.53. The Bertz CT molecular complexity index is 473. The molecule has 0 unspecified atom stereocenters. The molecule has 0 aliphatic rings. The van der Waals surface area contributed by atoms with Gasteiger partial charge in [-0.15, -0.1) is 0 Å². The second-order valence-corrected chi connectivity index (χ2v) is 3.53. The minimum absolute atomic E-state index is 0.521. The van der Waals surface area contributed by atoms with Crippen LogP contribution in [0.1, 0.15) is 5.56 Å². The van der Waals surface area contributed by atoms with Gasteiger partial charge in [-0.1, -0.05) is 6.07 Å². The highest BCUT2D eigenvalue weighted by Crippen LogP contribution is 2.26. The van der Waals surface area contributed by atoms with Crippen molar-refractivity contribution in [2.45, 2.75) is 6.54 Å². The van der Waals surface area contributed by atoms with Crippen LogP contribution in [0, 0.1) is 0 Å². The van der Waals surface area contributed by atoms with Crippen molar-refractivity contribution in [3.05, 3.63) is 36.2 Å². The molecule has 0 saturated heterocycles. The summed E-state index contributed by atoms with van der Waals surface area (Å²) in [5, 5.41) is 4.12. The monoisotopic (exact) mass is 202 g/mol. The quantitative estimate of drug-likeness (QED) is 0.717. The third-order valence-corrected chi connectivity index (χ3v) is 2.37. The van der Waals surface area contributed by atoms with Gasteiger partial charge in [0.15, 0.2) is 0 Å². The van der Waals surface area contributed by atoms with Crippen LogP contribution in [0.15, 0.2) is 30.6 Å². The standard InChI is InChI=1S/C11H14N4/c1-15-7-9(6-14-15)10-4-8(5-12)2-3-11(10)13/h2-4,6-7H,5,12-13H2,1H3. The van der Waals surface area contributed by atoms with Crippen LogP contribution in [0.25, 0.3) is 11.1 Å². The summed E-state index contributed by atoms with van der Waals surface area (Å²) in [6.07, 6.45) is 3.73. The van der Waals surface area contributed by atoms with Gasteiger partial charge in [0, 0.05) is 36.6 Å². The first-order valence-electron chi connectivity index (χ1n) is 4.78. The average Bonchev–Trinajstić information content (AvgIpc) is 2.65. The van der Waals surface area contributed by atoms with Crippen molar-refractivity contribution >= 4 is 5.69 Å². The van der Waals surface area contributed by atoms with Gasteiger partial charge in [-0.2, -0.15) is 5.10 Å². The van der Waals surface area contributed by atoms with Crippen LogP contribution in [-0.2, 0) is 13.6 Å². The summed E-state index contributed by atoms with van der Waals surface area (Å²) in [7, 11) is 1.88. The van der Waals surface area contributed by atoms with Crippen LogP contribution in [0.4, 0.5) is 5.69 Å². The Kier molecular flexibility index (Phi) is 2.43. The molecular formula is C11H14N4. The third kappa shape index (κ3) is 1.85. The minimum atomic E-state index is 0.521. The molecule has 0 fully saturated rings. The summed E-state index contributed by atoms with van der Waals surface area (Å²) in [6.45, 7) is 0.521. The Hall–Kier alpha value is -1.81. The van der Waals surface area contributed by atoms with Crippen molar-refractivity contribution in [1.29, 1.82) is 0 Å². The van der Waals surface area contributed by atoms with E-state index in [1.54, 1.807) is 10.9 Å². The molecule has 0 atom stereocenters. The van der Waals surface area contributed by atoms with Gasteiger partial charge in [0.25, 0.3) is 0 Å². The number of nitrogens with zero attached hydrogens (tertiary/aromatic N) is 2. The zero-order chi connectivity index (χ0) is 10.8. The number of hydrogen-bond donors (Lipinski definition) is 2. The fourth-order valence-electron chi connectivity index (χ4n) is 1.54. The van der Waals surface area contributed by atoms with Gasteiger partial charge in [0.05, 0.1) is 6.20 Å². The van der Waals surface area contributed by atoms with Gasteiger partial charge < -0.3 is 11.5 Å². The molecule has 0 radical (unpaired) electrons. The van der Waals surface area contributed by atoms with Crippen molar-refractivity contribution in [2.75, 3.05) is 5.73 Å². The molecule has 4 heteroatoms. The first-order valence-corrected chi connectivity index (χ1v) is 4.78. The molecule has 0 bridgehead atoms. The predicted octanol–water partition coefficient (Wildman–Crippen LogP) is 1.13. The molecule has 1 aromatic carbocycles. The van der Waals surface area contributed by atoms with Crippen LogP contribution in [0.3, 0.4) is 0 Å². The maximum Gasteiger partial charge on any atom is 0.0568 e. The summed E-state index contributed by atoms with van der Waals surface area (Å²) in [5.74, 6) is 0. The van der Waals surface area contributed by atoms with Gasteiger partial charge in [-0.3, -0.25) is 4.68 Å². The van der Waals surface area contributed by atoms with Gasteiger partial charge in [0.2, 0.25) is 0 Å². The zero-order valence-electron chi connectivity index (χ0n) is 8.64. The van der Waals surface area contributed by atoms with E-state index in [0.717, 1.165) is 22.4 Å². The van der Waals surface area contributed by atoms with Crippen molar-refractivity contribution < 1.29 is 0 Å². The molecule has 78 valence electrons. The van der Waals surface area contributed by atoms with E-state index in [1.807, 2.05) is 31.4 Å². The molecule has 1 heterocycles. The average molecular weight is 202 g/mol. The van der Waals surface area contributed by atoms with E-state index in [9.17, 15) is 0 Å². The molecule has 4 N–H and O–H groups in total. The highest BCUT2D eigenvalue weighted by Gasteiger charge is 2.05. The summed E-state index contributed by atoms with van der Waals surface area (Å²) in [5.41, 5.74) is 15.3. The molecule has 15 heavy (non-hydrogen) atoms. The molecular weight excluding hydrogens is 188 g/mol. The first-order chi connectivity index (χ1) is 7.20. The number of nitrogen functional groups attached to an aromatic ring is 1. The number of anilines is 1. The maximum absolute atomic E-state index is 5.91. The second kappa shape index (κ2) is 3.74. The van der Waals surface area contributed by atoms with Gasteiger partial charge in [0.1, 0.15) is 0 Å². The van der Waals surface area contributed by atoms with Crippen LogP contribution in [0.2, 0.25) is 0 Å². The molecule has 2 rings (SSSR count). The molecule has 0 amide bonds. The Balaban J connectivity index is 2.51. The van der Waals surface area contributed by atoms with Crippen molar-refractivity contribution in [3.63, 3.8) is 0 Å². The lowest BCUT2D eigenvalue weighted by atomic mass is 10.0. The zero-order valence-corrected chi connectivity index (χ0v) is 8.64. The number of benzene rings is 1. The van der Waals surface area contributed by atoms with E-state index in [1.165, 1.54) is 0 Å². The third-order valence-electron chi connectivity index (χ3n) is 2.37. The summed E-state index contributed by atoms with van der Waals surface area (Å²) in [4.78, 5) is 0. The first kappa shape index (κ1) is 9.73. The molecule has 4 nitrogen and oxygen atoms in total. The Morgan fingerprint density at radius 1 is 1.40 bits per heavy atom. The lowest BCUT2D eigenvalue weighted by molar-refractivity contribution is 0.768. The normalized spacial score (nSPS) is 10.5. The Morgan fingerprint density at radius 2 is 2.20 bits per heavy atom. The number of aryl methyl sites for hydroxylation is 1. The number of aromatic nitrogens is 2. The van der Waals surface area contributed by atoms with Crippen LogP contribution < -0.4 is 11.5 Å². The van der Waals surface area contributed by atoms with E-state index in [2.05, 4.69) is 5.10 Å². The van der Waals surface area contributed by atoms with Crippen molar-refractivity contribution in [1.82, 2.24) is 9.78 Å². The number of rotatable bonds is 2. The van der Waals surface area contributed by atoms with Crippen LogP contribution in [0.5, 0.6) is 0 Å². The van der Waals surface area contributed by atoms with E-state index in [0.29, 0.717) is 6.54 Å². The molecule has 0 aliphatic carbocycles. The van der Waals surface area contributed by atoms with E-state index in [4.69, 9.17) is 11.5 Å². The van der Waals surface area contributed by atoms with E-state index >= 15 is 0 Å². The fourth-order valence-corrected chi connectivity index (χ4v) is 1.54. The minimum Gasteiger partial charge on any atom is -0.398 e. The van der Waals surface area contributed by atoms with E-state index < -0.39 is 0 Å². The SMILES string of the molecule is Cn1cc(-c2cc(CN)ccc2N)cn1. The van der Waals surface area contributed by atoms with Crippen LogP contribution in [-0.4, -0.2) is 9.78 Å². The number of hydrogen-bond acceptors (Lipinski definition) is 3. The highest BCUT2D eigenvalue weighted by atomic mass is 15.2. The Labute approximate surface area is 88.5 Å². The topological polar surface area (TPSA) is 69.9 Å². The lowest BCUT2D eigenvalue weighted by Crippen LogP contribution is -1.98. The molecule has 0 spiro atoms. The van der Waals surface area contributed by atoms with Gasteiger partial charge in [-0.25, -0.2) is 0 Å². The van der Waals surface area contributed by atoms with Crippen molar-refractivity contribution in [3.8, 4) is 11.1 Å². The molecule has 2 aromatic rings. The summed E-state index contributed by atoms with van der Waals surface area (Å²) in [6, 6.07) is 5.83. The Morgan fingerprint density at radius 3 is 2.80 bits per heavy atom. The number of nitrogens with two attached hydrogens (primary N) is 2. The molecule has 0 aliphatic heterocycles. The largest absolute Gasteiger partial charge is 0.398 e. The van der Waals surface area contributed by atoms with Crippen LogP contribution >= 0.6 is 0 Å². The lowest BCUT2D eigenvalue weighted by Gasteiger charge is -2.05. The van der Waals surface area contributed by atoms with Crippen molar-refractivity contribution in [2.24, 2.45) is 12.8 Å². The van der Waals surface area contributed by atoms with Gasteiger partial charge in [-0.05, 0) is 17.7 Å². The van der Waals surface area contributed by atoms with E-state index in [-0.39, 0.29) is 0 Å².